The van der Waals surface area contributed by atoms with Crippen molar-refractivity contribution >= 4 is 5.91 Å². The molecule has 2 aliphatic rings. The molecule has 1 fully saturated rings. The Morgan fingerprint density at radius 3 is 2.58 bits per heavy atom. The summed E-state index contributed by atoms with van der Waals surface area (Å²) in [4.78, 5) is 17.6. The SMILES string of the molecule is Cn1c(C(C)(C)C)cc(=NC(=O)c2cc(C(F)(F)F)ccc2OC[C@@H]2C=CCO2)n1C[C@H]1CCCO1. The van der Waals surface area contributed by atoms with Gasteiger partial charge in [0.15, 0.2) is 5.49 Å². The van der Waals surface area contributed by atoms with Gasteiger partial charge in [-0.15, -0.1) is 0 Å². The van der Waals surface area contributed by atoms with Crippen LogP contribution in [0.3, 0.4) is 0 Å². The lowest BCUT2D eigenvalue weighted by molar-refractivity contribution is -0.137. The van der Waals surface area contributed by atoms with Gasteiger partial charge >= 0.3 is 6.18 Å². The maximum Gasteiger partial charge on any atom is 0.416 e. The predicted molar refractivity (Wildman–Crippen MR) is 127 cm³/mol. The van der Waals surface area contributed by atoms with Gasteiger partial charge in [0.05, 0.1) is 30.4 Å². The molecule has 0 N–H and O–H groups in total. The van der Waals surface area contributed by atoms with E-state index < -0.39 is 17.6 Å². The molecule has 36 heavy (non-hydrogen) atoms. The van der Waals surface area contributed by atoms with E-state index >= 15 is 0 Å². The topological polar surface area (TPSA) is 67.0 Å². The lowest BCUT2D eigenvalue weighted by atomic mass is 9.92. The number of carbonyl (C=O) groups is 1. The molecule has 3 heterocycles. The molecule has 1 amide bonds. The molecular weight excluding hydrogens is 475 g/mol. The molecule has 0 unspecified atom stereocenters. The first-order chi connectivity index (χ1) is 16.9. The molecule has 10 heteroatoms. The van der Waals surface area contributed by atoms with Gasteiger partial charge in [-0.3, -0.25) is 14.2 Å². The van der Waals surface area contributed by atoms with Gasteiger partial charge in [0.2, 0.25) is 0 Å². The first kappa shape index (κ1) is 26.2. The highest BCUT2D eigenvalue weighted by Crippen LogP contribution is 2.33. The molecule has 2 atom stereocenters. The Bertz CT molecular complexity index is 1200. The van der Waals surface area contributed by atoms with Crippen molar-refractivity contribution in [1.82, 2.24) is 9.36 Å². The molecule has 0 spiro atoms. The van der Waals surface area contributed by atoms with Gasteiger partial charge in [0.1, 0.15) is 18.5 Å². The van der Waals surface area contributed by atoms with Gasteiger partial charge in [0.25, 0.3) is 5.91 Å². The van der Waals surface area contributed by atoms with Crippen LogP contribution in [0, 0.1) is 0 Å². The number of halogens is 3. The third kappa shape index (κ3) is 5.92. The van der Waals surface area contributed by atoms with Crippen molar-refractivity contribution in [3.63, 3.8) is 0 Å². The Morgan fingerprint density at radius 2 is 1.97 bits per heavy atom. The average molecular weight is 508 g/mol. The Morgan fingerprint density at radius 1 is 1.19 bits per heavy atom. The Balaban J connectivity index is 1.74. The summed E-state index contributed by atoms with van der Waals surface area (Å²) >= 11 is 0. The van der Waals surface area contributed by atoms with Crippen molar-refractivity contribution in [2.75, 3.05) is 19.8 Å². The second-order valence-corrected chi connectivity index (χ2v) is 10.1. The lowest BCUT2D eigenvalue weighted by Crippen LogP contribution is -2.30. The van der Waals surface area contributed by atoms with Crippen LogP contribution in [0.15, 0.2) is 41.4 Å². The second kappa shape index (κ2) is 10.3. The highest BCUT2D eigenvalue weighted by atomic mass is 19.4. The van der Waals surface area contributed by atoms with Gasteiger partial charge in [-0.25, -0.2) is 0 Å². The standard InChI is InChI=1S/C26H32F3N3O4/c1-25(2,3)22-14-23(32(31(22)4)15-18-7-5-11-34-18)30-24(33)20-13-17(26(27,28)29)9-10-21(20)36-16-19-8-6-12-35-19/h6,8-10,13-14,18-19H,5,7,11-12,15-16H2,1-4H3/t18-,19+/m1/s1. The van der Waals surface area contributed by atoms with Crippen LogP contribution in [-0.4, -0.2) is 47.3 Å². The lowest BCUT2D eigenvalue weighted by Gasteiger charge is -2.21. The summed E-state index contributed by atoms with van der Waals surface area (Å²) in [6.07, 6.45) is 0.518. The minimum absolute atomic E-state index is 0.0209. The Labute approximate surface area is 208 Å². The summed E-state index contributed by atoms with van der Waals surface area (Å²) < 4.78 is 61.1. The van der Waals surface area contributed by atoms with E-state index in [2.05, 4.69) is 4.99 Å². The zero-order chi connectivity index (χ0) is 26.1. The molecule has 0 bridgehead atoms. The zero-order valence-electron chi connectivity index (χ0n) is 21.0. The van der Waals surface area contributed by atoms with Crippen LogP contribution in [0.25, 0.3) is 0 Å². The van der Waals surface area contributed by atoms with Gasteiger partial charge in [-0.2, -0.15) is 18.2 Å². The first-order valence-electron chi connectivity index (χ1n) is 12.0. The molecule has 0 aliphatic carbocycles. The largest absolute Gasteiger partial charge is 0.490 e. The average Bonchev–Trinajstić information content (AvgIpc) is 3.55. The molecule has 2 aliphatic heterocycles. The van der Waals surface area contributed by atoms with E-state index in [4.69, 9.17) is 14.2 Å². The van der Waals surface area contributed by atoms with Crippen LogP contribution < -0.4 is 10.2 Å². The number of benzene rings is 1. The molecule has 1 saturated heterocycles. The maximum atomic E-state index is 13.5. The van der Waals surface area contributed by atoms with Crippen LogP contribution in [-0.2, 0) is 34.7 Å². The fourth-order valence-electron chi connectivity index (χ4n) is 4.44. The summed E-state index contributed by atoms with van der Waals surface area (Å²) in [6.45, 7) is 7.81. The fourth-order valence-corrected chi connectivity index (χ4v) is 4.44. The van der Waals surface area contributed by atoms with E-state index in [9.17, 15) is 18.0 Å². The number of rotatable bonds is 6. The normalized spacial score (nSPS) is 20.9. The maximum absolute atomic E-state index is 13.5. The number of carbonyl (C=O) groups excluding carboxylic acids is 1. The van der Waals surface area contributed by atoms with Crippen molar-refractivity contribution in [3.05, 3.63) is 58.7 Å². The Hall–Kier alpha value is -2.85. The predicted octanol–water partition coefficient (Wildman–Crippen LogP) is 4.40. The molecule has 4 rings (SSSR count). The molecule has 0 saturated carbocycles. The number of alkyl halides is 3. The van der Waals surface area contributed by atoms with Gasteiger partial charge in [-0.05, 0) is 31.0 Å². The van der Waals surface area contributed by atoms with Gasteiger partial charge < -0.3 is 14.2 Å². The number of hydrogen-bond donors (Lipinski definition) is 0. The molecule has 2 aromatic rings. The second-order valence-electron chi connectivity index (χ2n) is 10.1. The van der Waals surface area contributed by atoms with Crippen LogP contribution in [0.5, 0.6) is 5.75 Å². The van der Waals surface area contributed by atoms with Crippen LogP contribution in [0.4, 0.5) is 13.2 Å². The summed E-state index contributed by atoms with van der Waals surface area (Å²) in [5, 5.41) is 0. The molecule has 0 radical (unpaired) electrons. The highest BCUT2D eigenvalue weighted by molar-refractivity contribution is 5.97. The number of ether oxygens (including phenoxy) is 3. The number of hydrogen-bond acceptors (Lipinski definition) is 4. The van der Waals surface area contributed by atoms with E-state index in [0.717, 1.165) is 36.7 Å². The quantitative estimate of drug-likeness (QED) is 0.544. The summed E-state index contributed by atoms with van der Waals surface area (Å²) in [6, 6.07) is 4.66. The summed E-state index contributed by atoms with van der Waals surface area (Å²) in [7, 11) is 1.88. The third-order valence-electron chi connectivity index (χ3n) is 6.32. The van der Waals surface area contributed by atoms with E-state index in [1.165, 1.54) is 0 Å². The minimum Gasteiger partial charge on any atom is -0.490 e. The van der Waals surface area contributed by atoms with Crippen molar-refractivity contribution in [1.29, 1.82) is 0 Å². The first-order valence-corrected chi connectivity index (χ1v) is 12.0. The number of nitrogens with zero attached hydrogens (tertiary/aromatic N) is 3. The van der Waals surface area contributed by atoms with Gasteiger partial charge in [-0.1, -0.05) is 32.9 Å². The number of aromatic nitrogens is 2. The molecule has 7 nitrogen and oxygen atoms in total. The van der Waals surface area contributed by atoms with E-state index in [1.807, 2.05) is 49.3 Å². The molecule has 1 aromatic carbocycles. The molecule has 196 valence electrons. The van der Waals surface area contributed by atoms with Crippen molar-refractivity contribution in [2.24, 2.45) is 12.0 Å². The molecular formula is C26H32F3N3O4. The fraction of sp³-hybridized carbons (Fsp3) is 0.538. The number of amides is 1. The van der Waals surface area contributed by atoms with Gasteiger partial charge in [0, 0.05) is 30.8 Å². The van der Waals surface area contributed by atoms with Crippen LogP contribution in [0.1, 0.15) is 55.2 Å². The Kier molecular flexibility index (Phi) is 7.47. The van der Waals surface area contributed by atoms with Crippen molar-refractivity contribution < 1.29 is 32.2 Å². The summed E-state index contributed by atoms with van der Waals surface area (Å²) in [5.41, 5.74) is -0.160. The smallest absolute Gasteiger partial charge is 0.416 e. The van der Waals surface area contributed by atoms with E-state index in [0.29, 0.717) is 25.2 Å². The molecule has 1 aromatic heterocycles. The van der Waals surface area contributed by atoms with E-state index in [-0.39, 0.29) is 35.5 Å². The van der Waals surface area contributed by atoms with Crippen LogP contribution >= 0.6 is 0 Å². The third-order valence-corrected chi connectivity index (χ3v) is 6.32. The monoisotopic (exact) mass is 507 g/mol. The van der Waals surface area contributed by atoms with Crippen molar-refractivity contribution in [3.8, 4) is 5.75 Å². The zero-order valence-corrected chi connectivity index (χ0v) is 21.0. The van der Waals surface area contributed by atoms with Crippen molar-refractivity contribution in [2.45, 2.75) is 64.0 Å². The highest BCUT2D eigenvalue weighted by Gasteiger charge is 2.32. The van der Waals surface area contributed by atoms with E-state index in [1.54, 1.807) is 6.07 Å². The minimum atomic E-state index is -4.61. The summed E-state index contributed by atoms with van der Waals surface area (Å²) in [5.74, 6) is -0.788. The van der Waals surface area contributed by atoms with Crippen LogP contribution in [0.2, 0.25) is 0 Å².